The monoisotopic (exact) mass is 603 g/mol. The second-order valence-electron chi connectivity index (χ2n) is 11.8. The van der Waals surface area contributed by atoms with Crippen molar-refractivity contribution >= 4 is 27.5 Å². The van der Waals surface area contributed by atoms with E-state index >= 15 is 0 Å². The number of nitrogens with one attached hydrogen (secondary N) is 1. The van der Waals surface area contributed by atoms with Gasteiger partial charge in [0.2, 0.25) is 21.8 Å². The molecule has 0 aromatic heterocycles. The number of carbonyl (C=O) groups excluding carboxylic acids is 2. The molecule has 0 bridgehead atoms. The lowest BCUT2D eigenvalue weighted by molar-refractivity contribution is -0.141. The molecule has 8 heteroatoms. The SMILES string of the molecule is Cc1ccc(CN(C(=O)CCCN(c2ccccc2C)S(C)(=O)=O)[C@@H](Cc2ccccc2)C(=O)NC2CCCCC2)cc1. The molecule has 1 saturated carbocycles. The Hall–Kier alpha value is -3.65. The average Bonchev–Trinajstić information content (AvgIpc) is 2.99. The summed E-state index contributed by atoms with van der Waals surface area (Å²) in [6.07, 6.45) is 7.32. The second-order valence-corrected chi connectivity index (χ2v) is 13.7. The molecule has 3 aromatic rings. The number of carbonyl (C=O) groups is 2. The molecule has 0 radical (unpaired) electrons. The van der Waals surface area contributed by atoms with Crippen molar-refractivity contribution in [3.63, 3.8) is 0 Å². The van der Waals surface area contributed by atoms with Crippen LogP contribution in [0.25, 0.3) is 0 Å². The van der Waals surface area contributed by atoms with E-state index in [9.17, 15) is 18.0 Å². The third kappa shape index (κ3) is 9.42. The minimum atomic E-state index is -3.55. The number of aryl methyl sites for hydroxylation is 2. The smallest absolute Gasteiger partial charge is 0.243 e. The Morgan fingerprint density at radius 2 is 1.51 bits per heavy atom. The summed E-state index contributed by atoms with van der Waals surface area (Å²) in [6.45, 7) is 4.36. The Bertz CT molecular complexity index is 1450. The first-order chi connectivity index (χ1) is 20.6. The van der Waals surface area contributed by atoms with Crippen LogP contribution in [0.2, 0.25) is 0 Å². The van der Waals surface area contributed by atoms with Gasteiger partial charge in [0, 0.05) is 32.0 Å². The normalized spacial score (nSPS) is 14.6. The number of nitrogens with zero attached hydrogens (tertiary/aromatic N) is 2. The largest absolute Gasteiger partial charge is 0.352 e. The maximum Gasteiger partial charge on any atom is 0.243 e. The molecule has 3 aromatic carbocycles. The Balaban J connectivity index is 1.59. The molecule has 0 saturated heterocycles. The van der Waals surface area contributed by atoms with E-state index in [0.717, 1.165) is 47.9 Å². The third-order valence-electron chi connectivity index (χ3n) is 8.23. The molecule has 1 N–H and O–H groups in total. The number of hydrogen-bond acceptors (Lipinski definition) is 4. The molecule has 43 heavy (non-hydrogen) atoms. The lowest BCUT2D eigenvalue weighted by Gasteiger charge is -2.34. The maximum absolute atomic E-state index is 14.1. The van der Waals surface area contributed by atoms with Crippen LogP contribution in [0.1, 0.15) is 67.2 Å². The van der Waals surface area contributed by atoms with Gasteiger partial charge < -0.3 is 10.2 Å². The van der Waals surface area contributed by atoms with Crippen LogP contribution in [0, 0.1) is 13.8 Å². The van der Waals surface area contributed by atoms with Crippen molar-refractivity contribution in [3.05, 3.63) is 101 Å². The number of anilines is 1. The van der Waals surface area contributed by atoms with E-state index in [1.807, 2.05) is 86.6 Å². The first-order valence-corrected chi connectivity index (χ1v) is 17.2. The molecule has 7 nitrogen and oxygen atoms in total. The third-order valence-corrected chi connectivity index (χ3v) is 9.41. The summed E-state index contributed by atoms with van der Waals surface area (Å²) >= 11 is 0. The van der Waals surface area contributed by atoms with Crippen molar-refractivity contribution in [1.82, 2.24) is 10.2 Å². The number of sulfonamides is 1. The number of para-hydroxylation sites is 1. The minimum Gasteiger partial charge on any atom is -0.352 e. The van der Waals surface area contributed by atoms with Gasteiger partial charge >= 0.3 is 0 Å². The van der Waals surface area contributed by atoms with Crippen molar-refractivity contribution in [3.8, 4) is 0 Å². The van der Waals surface area contributed by atoms with Gasteiger partial charge in [-0.15, -0.1) is 0 Å². The summed E-state index contributed by atoms with van der Waals surface area (Å²) in [5.41, 5.74) is 4.51. The van der Waals surface area contributed by atoms with Crippen LogP contribution in [-0.4, -0.2) is 50.0 Å². The lowest BCUT2D eigenvalue weighted by atomic mass is 9.94. The van der Waals surface area contributed by atoms with E-state index < -0.39 is 16.1 Å². The summed E-state index contributed by atoms with van der Waals surface area (Å²) in [5.74, 6) is -0.299. The molecule has 1 aliphatic carbocycles. The molecule has 1 aliphatic rings. The fourth-order valence-corrected chi connectivity index (χ4v) is 6.84. The molecule has 4 rings (SSSR count). The molecule has 230 valence electrons. The van der Waals surface area contributed by atoms with Crippen LogP contribution in [0.3, 0.4) is 0 Å². The van der Waals surface area contributed by atoms with Gasteiger partial charge in [-0.2, -0.15) is 0 Å². The topological polar surface area (TPSA) is 86.8 Å². The van der Waals surface area contributed by atoms with E-state index in [-0.39, 0.29) is 30.8 Å². The van der Waals surface area contributed by atoms with Crippen molar-refractivity contribution in [2.24, 2.45) is 0 Å². The van der Waals surface area contributed by atoms with E-state index in [1.54, 1.807) is 11.0 Å². The van der Waals surface area contributed by atoms with Gasteiger partial charge in [0.25, 0.3) is 0 Å². The molecule has 0 unspecified atom stereocenters. The number of rotatable bonds is 13. The van der Waals surface area contributed by atoms with E-state index in [0.29, 0.717) is 25.1 Å². The summed E-state index contributed by atoms with van der Waals surface area (Å²) in [5, 5.41) is 3.27. The fraction of sp³-hybridized carbons (Fsp3) is 0.429. The summed E-state index contributed by atoms with van der Waals surface area (Å²) in [6, 6.07) is 24.6. The van der Waals surface area contributed by atoms with Gasteiger partial charge in [-0.3, -0.25) is 13.9 Å². The predicted molar refractivity (Wildman–Crippen MR) is 173 cm³/mol. The fourth-order valence-electron chi connectivity index (χ4n) is 5.81. The summed E-state index contributed by atoms with van der Waals surface area (Å²) in [4.78, 5) is 29.7. The van der Waals surface area contributed by atoms with Crippen LogP contribution in [-0.2, 0) is 32.6 Å². The molecular formula is C35H45N3O4S. The zero-order valence-corrected chi connectivity index (χ0v) is 26.5. The lowest BCUT2D eigenvalue weighted by Crippen LogP contribution is -2.52. The quantitative estimate of drug-likeness (QED) is 0.262. The van der Waals surface area contributed by atoms with Crippen LogP contribution in [0.15, 0.2) is 78.9 Å². The van der Waals surface area contributed by atoms with Crippen molar-refractivity contribution < 1.29 is 18.0 Å². The van der Waals surface area contributed by atoms with Crippen molar-refractivity contribution in [2.45, 2.75) is 83.8 Å². The first-order valence-electron chi connectivity index (χ1n) is 15.3. The maximum atomic E-state index is 14.1. The predicted octanol–water partition coefficient (Wildman–Crippen LogP) is 5.94. The molecule has 0 spiro atoms. The van der Waals surface area contributed by atoms with Gasteiger partial charge in [0.15, 0.2) is 0 Å². The Kier molecular flexibility index (Phi) is 11.4. The molecule has 0 aliphatic heterocycles. The number of hydrogen-bond donors (Lipinski definition) is 1. The number of amides is 2. The van der Waals surface area contributed by atoms with Crippen LogP contribution in [0.5, 0.6) is 0 Å². The zero-order valence-electron chi connectivity index (χ0n) is 25.7. The van der Waals surface area contributed by atoms with E-state index in [2.05, 4.69) is 5.32 Å². The standard InChI is InChI=1S/C35H45N3O4S/c1-27-20-22-30(23-21-27)26-37(34(39)19-12-24-38(43(3,41)42)32-18-11-10-13-28(32)2)33(25-29-14-6-4-7-15-29)35(40)36-31-16-8-5-9-17-31/h4,6-7,10-11,13-15,18,20-23,31,33H,5,8-9,12,16-17,19,24-26H2,1-3H3,(H,36,40)/t33-/m0/s1. The molecular weight excluding hydrogens is 558 g/mol. The molecule has 1 fully saturated rings. The highest BCUT2D eigenvalue weighted by Crippen LogP contribution is 2.24. The zero-order chi connectivity index (χ0) is 30.8. The Labute approximate surface area is 257 Å². The van der Waals surface area contributed by atoms with E-state index in [4.69, 9.17) is 0 Å². The van der Waals surface area contributed by atoms with Crippen molar-refractivity contribution in [2.75, 3.05) is 17.1 Å². The highest BCUT2D eigenvalue weighted by Gasteiger charge is 2.32. The van der Waals surface area contributed by atoms with Gasteiger partial charge in [0.05, 0.1) is 11.9 Å². The number of benzene rings is 3. The van der Waals surface area contributed by atoms with Crippen LogP contribution >= 0.6 is 0 Å². The van der Waals surface area contributed by atoms with Gasteiger partial charge in [0.1, 0.15) is 6.04 Å². The highest BCUT2D eigenvalue weighted by atomic mass is 32.2. The minimum absolute atomic E-state index is 0.117. The average molecular weight is 604 g/mol. The Morgan fingerprint density at radius 3 is 2.16 bits per heavy atom. The van der Waals surface area contributed by atoms with Gasteiger partial charge in [-0.05, 0) is 55.9 Å². The second kappa shape index (κ2) is 15.2. The van der Waals surface area contributed by atoms with Crippen LogP contribution in [0.4, 0.5) is 5.69 Å². The van der Waals surface area contributed by atoms with Crippen LogP contribution < -0.4 is 9.62 Å². The van der Waals surface area contributed by atoms with Crippen molar-refractivity contribution in [1.29, 1.82) is 0 Å². The summed E-state index contributed by atoms with van der Waals surface area (Å²) in [7, 11) is -3.55. The van der Waals surface area contributed by atoms with E-state index in [1.165, 1.54) is 17.0 Å². The van der Waals surface area contributed by atoms with Gasteiger partial charge in [-0.25, -0.2) is 8.42 Å². The first kappa shape index (κ1) is 32.3. The summed E-state index contributed by atoms with van der Waals surface area (Å²) < 4.78 is 26.8. The molecule has 0 heterocycles. The molecule has 1 atom stereocenters. The Morgan fingerprint density at radius 1 is 0.860 bits per heavy atom. The highest BCUT2D eigenvalue weighted by molar-refractivity contribution is 7.92. The van der Waals surface area contributed by atoms with Gasteiger partial charge in [-0.1, -0.05) is 97.6 Å². The molecule has 2 amide bonds.